The second-order valence-electron chi connectivity index (χ2n) is 5.08. The molecule has 0 bridgehead atoms. The Morgan fingerprint density at radius 3 is 3.11 bits per heavy atom. The molecule has 1 aromatic carbocycles. The number of halogens is 1. The highest BCUT2D eigenvalue weighted by Crippen LogP contribution is 2.35. The molecule has 0 spiro atoms. The van der Waals surface area contributed by atoms with Crippen LogP contribution in [0.1, 0.15) is 24.8 Å². The van der Waals surface area contributed by atoms with Gasteiger partial charge in [-0.05, 0) is 43.0 Å². The van der Waals surface area contributed by atoms with Crippen LogP contribution in [-0.4, -0.2) is 25.3 Å². The number of rotatable bonds is 2. The van der Waals surface area contributed by atoms with Crippen LogP contribution in [-0.2, 0) is 11.3 Å². The van der Waals surface area contributed by atoms with Gasteiger partial charge in [-0.2, -0.15) is 0 Å². The topological polar surface area (TPSA) is 38.5 Å². The van der Waals surface area contributed by atoms with Gasteiger partial charge in [0.05, 0.1) is 18.8 Å². The number of morpholine rings is 1. The van der Waals surface area contributed by atoms with Crippen LogP contribution >= 0.6 is 11.6 Å². The molecular formula is C14H19ClN2O. The van der Waals surface area contributed by atoms with Crippen LogP contribution in [0.3, 0.4) is 0 Å². The first-order chi connectivity index (χ1) is 8.79. The van der Waals surface area contributed by atoms with Crippen molar-refractivity contribution in [3.8, 4) is 0 Å². The SMILES string of the molecule is NCc1cc(Cl)ccc1N1CCOC2CCCC21. The van der Waals surface area contributed by atoms with E-state index < -0.39 is 0 Å². The Bertz CT molecular complexity index is 438. The highest BCUT2D eigenvalue weighted by molar-refractivity contribution is 6.30. The van der Waals surface area contributed by atoms with Crippen LogP contribution in [0.2, 0.25) is 5.02 Å². The Morgan fingerprint density at radius 1 is 1.39 bits per heavy atom. The van der Waals surface area contributed by atoms with Crippen LogP contribution in [0, 0.1) is 0 Å². The standard InChI is InChI=1S/C14H19ClN2O/c15-11-4-5-12(10(8-11)9-16)17-6-7-18-14-3-1-2-13(14)17/h4-5,8,13-14H,1-3,6-7,9,16H2. The molecule has 1 aliphatic heterocycles. The molecule has 1 aliphatic carbocycles. The highest BCUT2D eigenvalue weighted by atomic mass is 35.5. The van der Waals surface area contributed by atoms with E-state index in [0.29, 0.717) is 18.7 Å². The Balaban J connectivity index is 1.93. The minimum Gasteiger partial charge on any atom is -0.374 e. The first kappa shape index (κ1) is 12.3. The van der Waals surface area contributed by atoms with E-state index in [1.165, 1.54) is 24.9 Å². The molecular weight excluding hydrogens is 248 g/mol. The van der Waals surface area contributed by atoms with Crippen molar-refractivity contribution < 1.29 is 4.74 Å². The maximum atomic E-state index is 6.05. The summed E-state index contributed by atoms with van der Waals surface area (Å²) in [5, 5.41) is 0.760. The molecule has 1 aromatic rings. The van der Waals surface area contributed by atoms with Gasteiger partial charge in [0.25, 0.3) is 0 Å². The van der Waals surface area contributed by atoms with Crippen molar-refractivity contribution in [2.45, 2.75) is 38.0 Å². The molecule has 3 nitrogen and oxygen atoms in total. The molecule has 4 heteroatoms. The van der Waals surface area contributed by atoms with Crippen LogP contribution in [0.4, 0.5) is 5.69 Å². The summed E-state index contributed by atoms with van der Waals surface area (Å²) in [4.78, 5) is 2.47. The van der Waals surface area contributed by atoms with Gasteiger partial charge in [-0.3, -0.25) is 0 Å². The molecule has 1 heterocycles. The summed E-state index contributed by atoms with van der Waals surface area (Å²) in [6.45, 7) is 2.30. The van der Waals surface area contributed by atoms with Gasteiger partial charge in [-0.1, -0.05) is 11.6 Å². The molecule has 0 amide bonds. The molecule has 2 fully saturated rings. The van der Waals surface area contributed by atoms with Gasteiger partial charge < -0.3 is 15.4 Å². The average Bonchev–Trinajstić information content (AvgIpc) is 2.86. The molecule has 2 unspecified atom stereocenters. The quantitative estimate of drug-likeness (QED) is 0.894. The molecule has 1 saturated heterocycles. The first-order valence-corrected chi connectivity index (χ1v) is 7.04. The van der Waals surface area contributed by atoms with Gasteiger partial charge in [0.1, 0.15) is 0 Å². The molecule has 0 radical (unpaired) electrons. The van der Waals surface area contributed by atoms with Crippen LogP contribution in [0.25, 0.3) is 0 Å². The smallest absolute Gasteiger partial charge is 0.0779 e. The second-order valence-corrected chi connectivity index (χ2v) is 5.51. The van der Waals surface area contributed by atoms with Crippen molar-refractivity contribution in [3.05, 3.63) is 28.8 Å². The van der Waals surface area contributed by atoms with E-state index in [2.05, 4.69) is 11.0 Å². The van der Waals surface area contributed by atoms with Gasteiger partial charge in [0, 0.05) is 23.8 Å². The lowest BCUT2D eigenvalue weighted by atomic mass is 10.1. The molecule has 1 saturated carbocycles. The molecule has 2 aliphatic rings. The van der Waals surface area contributed by atoms with E-state index in [-0.39, 0.29) is 0 Å². The summed E-state index contributed by atoms with van der Waals surface area (Å²) in [5.41, 5.74) is 8.22. The van der Waals surface area contributed by atoms with E-state index in [4.69, 9.17) is 22.1 Å². The number of anilines is 1. The maximum absolute atomic E-state index is 6.05. The van der Waals surface area contributed by atoms with Crippen molar-refractivity contribution in [1.29, 1.82) is 0 Å². The fraction of sp³-hybridized carbons (Fsp3) is 0.571. The van der Waals surface area contributed by atoms with Crippen molar-refractivity contribution in [2.75, 3.05) is 18.1 Å². The summed E-state index contributed by atoms with van der Waals surface area (Å²) in [7, 11) is 0. The Labute approximate surface area is 113 Å². The highest BCUT2D eigenvalue weighted by Gasteiger charge is 2.36. The summed E-state index contributed by atoms with van der Waals surface area (Å²) < 4.78 is 5.85. The van der Waals surface area contributed by atoms with E-state index in [9.17, 15) is 0 Å². The lowest BCUT2D eigenvalue weighted by Crippen LogP contribution is -2.49. The van der Waals surface area contributed by atoms with E-state index in [1.54, 1.807) is 0 Å². The van der Waals surface area contributed by atoms with Crippen molar-refractivity contribution in [3.63, 3.8) is 0 Å². The fourth-order valence-electron chi connectivity index (χ4n) is 3.22. The zero-order chi connectivity index (χ0) is 12.5. The molecule has 3 rings (SSSR count). The number of nitrogens with two attached hydrogens (primary N) is 1. The molecule has 98 valence electrons. The Morgan fingerprint density at radius 2 is 2.28 bits per heavy atom. The third kappa shape index (κ3) is 2.11. The number of ether oxygens (including phenoxy) is 1. The zero-order valence-electron chi connectivity index (χ0n) is 10.4. The third-order valence-electron chi connectivity index (χ3n) is 4.05. The van der Waals surface area contributed by atoms with Crippen molar-refractivity contribution in [1.82, 2.24) is 0 Å². The van der Waals surface area contributed by atoms with Gasteiger partial charge in [-0.25, -0.2) is 0 Å². The van der Waals surface area contributed by atoms with Crippen molar-refractivity contribution >= 4 is 17.3 Å². The van der Waals surface area contributed by atoms with E-state index in [1.807, 2.05) is 12.1 Å². The predicted molar refractivity (Wildman–Crippen MR) is 74.1 cm³/mol. The Kier molecular flexibility index (Phi) is 3.46. The number of hydrogen-bond acceptors (Lipinski definition) is 3. The van der Waals surface area contributed by atoms with E-state index in [0.717, 1.165) is 23.7 Å². The summed E-state index contributed by atoms with van der Waals surface area (Å²) in [5.74, 6) is 0. The Hall–Kier alpha value is -0.770. The largest absolute Gasteiger partial charge is 0.374 e. The molecule has 2 atom stereocenters. The van der Waals surface area contributed by atoms with Crippen LogP contribution in [0.5, 0.6) is 0 Å². The van der Waals surface area contributed by atoms with Gasteiger partial charge >= 0.3 is 0 Å². The minimum atomic E-state index is 0.403. The zero-order valence-corrected chi connectivity index (χ0v) is 11.2. The normalized spacial score (nSPS) is 27.3. The molecule has 2 N–H and O–H groups in total. The summed E-state index contributed by atoms with van der Waals surface area (Å²) >= 11 is 6.05. The number of benzene rings is 1. The van der Waals surface area contributed by atoms with Gasteiger partial charge in [0.15, 0.2) is 0 Å². The minimum absolute atomic E-state index is 0.403. The average molecular weight is 267 g/mol. The first-order valence-electron chi connectivity index (χ1n) is 6.66. The fourth-order valence-corrected chi connectivity index (χ4v) is 3.42. The second kappa shape index (κ2) is 5.08. The maximum Gasteiger partial charge on any atom is 0.0779 e. The number of hydrogen-bond donors (Lipinski definition) is 1. The molecule has 18 heavy (non-hydrogen) atoms. The molecule has 0 aromatic heterocycles. The lowest BCUT2D eigenvalue weighted by molar-refractivity contribution is 0.0256. The lowest BCUT2D eigenvalue weighted by Gasteiger charge is -2.40. The van der Waals surface area contributed by atoms with Crippen molar-refractivity contribution in [2.24, 2.45) is 5.73 Å². The summed E-state index contributed by atoms with van der Waals surface area (Å²) in [6, 6.07) is 6.56. The van der Waals surface area contributed by atoms with E-state index >= 15 is 0 Å². The van der Waals surface area contributed by atoms with Crippen LogP contribution < -0.4 is 10.6 Å². The van der Waals surface area contributed by atoms with Gasteiger partial charge in [-0.15, -0.1) is 0 Å². The van der Waals surface area contributed by atoms with Gasteiger partial charge in [0.2, 0.25) is 0 Å². The third-order valence-corrected chi connectivity index (χ3v) is 4.29. The summed E-state index contributed by atoms with van der Waals surface area (Å²) in [6.07, 6.45) is 4.07. The number of nitrogens with zero attached hydrogens (tertiary/aromatic N) is 1. The number of fused-ring (bicyclic) bond motifs is 1. The monoisotopic (exact) mass is 266 g/mol. The predicted octanol–water partition coefficient (Wildman–Crippen LogP) is 2.56. The van der Waals surface area contributed by atoms with Crippen LogP contribution in [0.15, 0.2) is 18.2 Å².